The van der Waals surface area contributed by atoms with Gasteiger partial charge >= 0.3 is 0 Å². The molecule has 0 saturated carbocycles. The summed E-state index contributed by atoms with van der Waals surface area (Å²) in [7, 11) is 0. The first-order chi connectivity index (χ1) is 10.1. The Hall–Kier alpha value is -1.52. The third-order valence-electron chi connectivity index (χ3n) is 4.22. The highest BCUT2D eigenvalue weighted by Crippen LogP contribution is 2.27. The van der Waals surface area contributed by atoms with E-state index in [0.717, 1.165) is 43.3 Å². The molecule has 1 aliphatic carbocycles. The van der Waals surface area contributed by atoms with Crippen LogP contribution in [0.5, 0.6) is 0 Å². The van der Waals surface area contributed by atoms with Crippen LogP contribution in [0.3, 0.4) is 0 Å². The van der Waals surface area contributed by atoms with Gasteiger partial charge in [-0.25, -0.2) is 0 Å². The number of halogens is 1. The van der Waals surface area contributed by atoms with E-state index in [1.807, 2.05) is 41.3 Å². The maximum absolute atomic E-state index is 12.4. The van der Waals surface area contributed by atoms with Crippen molar-refractivity contribution < 1.29 is 4.79 Å². The van der Waals surface area contributed by atoms with E-state index in [-0.39, 0.29) is 17.9 Å². The molecule has 1 amide bonds. The van der Waals surface area contributed by atoms with Crippen molar-refractivity contribution in [1.29, 1.82) is 0 Å². The standard InChI is InChI=1S/C16H20ClN3O/c17-14-3-1-2-4-15(14)19-7-9-20(10-8-19)16(21)12-5-6-13(18)11-12/h1-6,12-13H,7-11,18H2. The number of carbonyl (C=O) groups excluding carboxylic acids is 1. The Morgan fingerprint density at radius 3 is 2.48 bits per heavy atom. The van der Waals surface area contributed by atoms with Crippen molar-refractivity contribution in [3.63, 3.8) is 0 Å². The third-order valence-corrected chi connectivity index (χ3v) is 4.54. The Morgan fingerprint density at radius 2 is 1.86 bits per heavy atom. The molecule has 0 spiro atoms. The summed E-state index contributed by atoms with van der Waals surface area (Å²) in [6.07, 6.45) is 4.62. The lowest BCUT2D eigenvalue weighted by molar-refractivity contribution is -0.134. The second kappa shape index (κ2) is 6.08. The number of nitrogens with zero attached hydrogens (tertiary/aromatic N) is 2. The molecule has 3 rings (SSSR count). The number of rotatable bonds is 2. The van der Waals surface area contributed by atoms with Gasteiger partial charge in [-0.2, -0.15) is 0 Å². The number of nitrogens with two attached hydrogens (primary N) is 1. The van der Waals surface area contributed by atoms with E-state index < -0.39 is 0 Å². The zero-order chi connectivity index (χ0) is 14.8. The summed E-state index contributed by atoms with van der Waals surface area (Å²) in [6, 6.07) is 7.88. The van der Waals surface area contributed by atoms with Gasteiger partial charge in [0.25, 0.3) is 0 Å². The summed E-state index contributed by atoms with van der Waals surface area (Å²) in [5.74, 6) is 0.171. The van der Waals surface area contributed by atoms with Gasteiger partial charge in [-0.15, -0.1) is 0 Å². The molecule has 4 nitrogen and oxygen atoms in total. The largest absolute Gasteiger partial charge is 0.367 e. The quantitative estimate of drug-likeness (QED) is 0.849. The van der Waals surface area contributed by atoms with Crippen LogP contribution in [0.25, 0.3) is 0 Å². The van der Waals surface area contributed by atoms with E-state index in [9.17, 15) is 4.79 Å². The van der Waals surface area contributed by atoms with Gasteiger partial charge in [-0.3, -0.25) is 4.79 Å². The number of carbonyl (C=O) groups is 1. The minimum Gasteiger partial charge on any atom is -0.367 e. The molecule has 2 unspecified atom stereocenters. The molecule has 1 aromatic carbocycles. The zero-order valence-electron chi connectivity index (χ0n) is 11.9. The third kappa shape index (κ3) is 3.06. The number of piperazine rings is 1. The molecule has 5 heteroatoms. The van der Waals surface area contributed by atoms with Gasteiger partial charge in [0, 0.05) is 32.2 Å². The molecule has 0 aromatic heterocycles. The topological polar surface area (TPSA) is 49.6 Å². The highest BCUT2D eigenvalue weighted by atomic mass is 35.5. The number of amides is 1. The molecule has 1 aromatic rings. The lowest BCUT2D eigenvalue weighted by Gasteiger charge is -2.37. The van der Waals surface area contributed by atoms with Crippen LogP contribution < -0.4 is 10.6 Å². The van der Waals surface area contributed by atoms with Crippen molar-refractivity contribution in [3.8, 4) is 0 Å². The summed E-state index contributed by atoms with van der Waals surface area (Å²) < 4.78 is 0. The molecular formula is C16H20ClN3O. The van der Waals surface area contributed by atoms with Crippen molar-refractivity contribution >= 4 is 23.2 Å². The lowest BCUT2D eigenvalue weighted by Crippen LogP contribution is -2.50. The van der Waals surface area contributed by atoms with E-state index in [1.54, 1.807) is 0 Å². The first-order valence-corrected chi connectivity index (χ1v) is 7.75. The molecule has 1 fully saturated rings. The van der Waals surface area contributed by atoms with E-state index in [4.69, 9.17) is 17.3 Å². The predicted molar refractivity (Wildman–Crippen MR) is 85.5 cm³/mol. The average molecular weight is 306 g/mol. The molecule has 2 aliphatic rings. The number of benzene rings is 1. The van der Waals surface area contributed by atoms with Crippen LogP contribution in [0, 0.1) is 5.92 Å². The monoisotopic (exact) mass is 305 g/mol. The maximum Gasteiger partial charge on any atom is 0.229 e. The number of anilines is 1. The highest BCUT2D eigenvalue weighted by molar-refractivity contribution is 6.33. The normalized spacial score (nSPS) is 25.4. The Morgan fingerprint density at radius 1 is 1.14 bits per heavy atom. The minimum atomic E-state index is -0.0353. The van der Waals surface area contributed by atoms with E-state index in [0.29, 0.717) is 0 Å². The fourth-order valence-electron chi connectivity index (χ4n) is 3.02. The van der Waals surface area contributed by atoms with E-state index >= 15 is 0 Å². The average Bonchev–Trinajstić information content (AvgIpc) is 2.94. The molecule has 1 heterocycles. The smallest absolute Gasteiger partial charge is 0.229 e. The Bertz CT molecular complexity index is 552. The zero-order valence-corrected chi connectivity index (χ0v) is 12.7. The first kappa shape index (κ1) is 14.4. The second-order valence-electron chi connectivity index (χ2n) is 5.65. The Kier molecular flexibility index (Phi) is 4.17. The first-order valence-electron chi connectivity index (χ1n) is 7.37. The minimum absolute atomic E-state index is 0.0309. The van der Waals surface area contributed by atoms with Gasteiger partial charge < -0.3 is 15.5 Å². The maximum atomic E-state index is 12.4. The molecule has 0 bridgehead atoms. The van der Waals surface area contributed by atoms with Crippen molar-refractivity contribution in [2.24, 2.45) is 11.7 Å². The molecule has 112 valence electrons. The molecule has 21 heavy (non-hydrogen) atoms. The Balaban J connectivity index is 1.59. The fraction of sp³-hybridized carbons (Fsp3) is 0.438. The molecule has 2 atom stereocenters. The second-order valence-corrected chi connectivity index (χ2v) is 6.06. The van der Waals surface area contributed by atoms with Gasteiger partial charge in [-0.05, 0) is 18.6 Å². The molecule has 0 radical (unpaired) electrons. The fourth-order valence-corrected chi connectivity index (χ4v) is 3.28. The van der Waals surface area contributed by atoms with Crippen LogP contribution in [0.15, 0.2) is 36.4 Å². The van der Waals surface area contributed by atoms with Gasteiger partial charge in [0.1, 0.15) is 0 Å². The number of hydrogen-bond donors (Lipinski definition) is 1. The van der Waals surface area contributed by atoms with Crippen molar-refractivity contribution in [1.82, 2.24) is 4.90 Å². The van der Waals surface area contributed by atoms with Crippen LogP contribution in [0.1, 0.15) is 6.42 Å². The van der Waals surface area contributed by atoms with E-state index in [2.05, 4.69) is 4.90 Å². The highest BCUT2D eigenvalue weighted by Gasteiger charge is 2.29. The van der Waals surface area contributed by atoms with Crippen LogP contribution >= 0.6 is 11.6 Å². The molecule has 2 N–H and O–H groups in total. The summed E-state index contributed by atoms with van der Waals surface area (Å²) in [6.45, 7) is 3.11. The number of para-hydroxylation sites is 1. The van der Waals surface area contributed by atoms with Crippen molar-refractivity contribution in [2.75, 3.05) is 31.1 Å². The Labute approximate surface area is 130 Å². The van der Waals surface area contributed by atoms with Crippen molar-refractivity contribution in [2.45, 2.75) is 12.5 Å². The predicted octanol–water partition coefficient (Wildman–Crippen LogP) is 1.89. The van der Waals surface area contributed by atoms with Gasteiger partial charge in [-0.1, -0.05) is 35.9 Å². The lowest BCUT2D eigenvalue weighted by atomic mass is 10.1. The van der Waals surface area contributed by atoms with Gasteiger partial charge in [0.2, 0.25) is 5.91 Å². The van der Waals surface area contributed by atoms with Crippen LogP contribution in [0.2, 0.25) is 5.02 Å². The molecule has 1 saturated heterocycles. The van der Waals surface area contributed by atoms with Crippen LogP contribution in [0.4, 0.5) is 5.69 Å². The van der Waals surface area contributed by atoms with Crippen molar-refractivity contribution in [3.05, 3.63) is 41.4 Å². The van der Waals surface area contributed by atoms with E-state index in [1.165, 1.54) is 0 Å². The summed E-state index contributed by atoms with van der Waals surface area (Å²) >= 11 is 6.23. The summed E-state index contributed by atoms with van der Waals surface area (Å²) in [4.78, 5) is 16.6. The SMILES string of the molecule is NC1C=CC(C(=O)N2CCN(c3ccccc3Cl)CC2)C1. The van der Waals surface area contributed by atoms with Gasteiger partial charge in [0.05, 0.1) is 16.6 Å². The molecular weight excluding hydrogens is 286 g/mol. The number of hydrogen-bond acceptors (Lipinski definition) is 3. The van der Waals surface area contributed by atoms with Gasteiger partial charge in [0.15, 0.2) is 0 Å². The summed E-state index contributed by atoms with van der Waals surface area (Å²) in [5, 5.41) is 0.766. The molecule has 1 aliphatic heterocycles. The van der Waals surface area contributed by atoms with Crippen LogP contribution in [-0.4, -0.2) is 43.0 Å². The summed E-state index contributed by atoms with van der Waals surface area (Å²) in [5.41, 5.74) is 6.88. The van der Waals surface area contributed by atoms with Crippen LogP contribution in [-0.2, 0) is 4.79 Å².